The lowest BCUT2D eigenvalue weighted by atomic mass is 10.0. The van der Waals surface area contributed by atoms with Crippen LogP contribution in [0, 0.1) is 0 Å². The number of benzene rings is 1. The van der Waals surface area contributed by atoms with Gasteiger partial charge < -0.3 is 15.1 Å². The van der Waals surface area contributed by atoms with E-state index in [-0.39, 0.29) is 10.8 Å². The van der Waals surface area contributed by atoms with Gasteiger partial charge in [0.25, 0.3) is 0 Å². The fourth-order valence-corrected chi connectivity index (χ4v) is 3.04. The molecule has 1 saturated heterocycles. The number of hydrogen-bond acceptors (Lipinski definition) is 4. The van der Waals surface area contributed by atoms with Crippen molar-refractivity contribution in [1.29, 1.82) is 0 Å². The molecule has 2 unspecified atom stereocenters. The number of carboxylic acid groups (broad SMARTS) is 1. The minimum atomic E-state index is -0.892. The summed E-state index contributed by atoms with van der Waals surface area (Å²) in [6.07, 6.45) is 0.982. The van der Waals surface area contributed by atoms with Crippen molar-refractivity contribution in [2.75, 3.05) is 26.7 Å². The second-order valence-corrected chi connectivity index (χ2v) is 5.90. The molecule has 0 aromatic heterocycles. The molecule has 21 heavy (non-hydrogen) atoms. The predicted molar refractivity (Wildman–Crippen MR) is 81.8 cm³/mol. The van der Waals surface area contributed by atoms with Gasteiger partial charge in [-0.2, -0.15) is 0 Å². The molecule has 0 spiro atoms. The molecule has 1 aromatic rings. The summed E-state index contributed by atoms with van der Waals surface area (Å²) in [6.45, 7) is 4.36. The number of rotatable bonds is 4. The van der Waals surface area contributed by atoms with E-state index in [4.69, 9.17) is 11.6 Å². The summed E-state index contributed by atoms with van der Waals surface area (Å²) < 4.78 is 0. The van der Waals surface area contributed by atoms with E-state index in [0.717, 1.165) is 13.0 Å². The van der Waals surface area contributed by atoms with Gasteiger partial charge in [0.1, 0.15) is 11.8 Å². The molecule has 1 aliphatic heterocycles. The molecule has 6 heteroatoms. The molecule has 0 radical (unpaired) electrons. The molecule has 116 valence electrons. The summed E-state index contributed by atoms with van der Waals surface area (Å²) >= 11 is 5.91. The average molecular weight is 313 g/mol. The number of piperazine rings is 1. The van der Waals surface area contributed by atoms with Crippen LogP contribution in [0.25, 0.3) is 0 Å². The number of aliphatic carboxylic acids is 1. The Bertz CT molecular complexity index is 524. The largest absolute Gasteiger partial charge is 0.506 e. The van der Waals surface area contributed by atoms with Crippen LogP contribution in [0.4, 0.5) is 0 Å². The van der Waals surface area contributed by atoms with Gasteiger partial charge in [0.05, 0.1) is 5.02 Å². The molecular formula is C15H21ClN2O3. The lowest BCUT2D eigenvalue weighted by Gasteiger charge is -2.41. The van der Waals surface area contributed by atoms with E-state index in [2.05, 4.69) is 18.9 Å². The van der Waals surface area contributed by atoms with Gasteiger partial charge in [-0.1, -0.05) is 24.6 Å². The molecule has 2 atom stereocenters. The van der Waals surface area contributed by atoms with Crippen LogP contribution in [0.2, 0.25) is 5.02 Å². The van der Waals surface area contributed by atoms with Crippen molar-refractivity contribution in [3.05, 3.63) is 28.8 Å². The summed E-state index contributed by atoms with van der Waals surface area (Å²) in [6, 6.07) is 4.23. The zero-order chi connectivity index (χ0) is 15.6. The Balaban J connectivity index is 2.26. The normalized spacial score (nSPS) is 22.1. The summed E-state index contributed by atoms with van der Waals surface area (Å²) in [5.74, 6) is -0.925. The maximum Gasteiger partial charge on any atom is 0.325 e. The Morgan fingerprint density at radius 3 is 2.76 bits per heavy atom. The van der Waals surface area contributed by atoms with Gasteiger partial charge in [-0.05, 0) is 31.2 Å². The van der Waals surface area contributed by atoms with Crippen molar-refractivity contribution >= 4 is 17.6 Å². The number of nitrogens with zero attached hydrogens (tertiary/aromatic N) is 2. The maximum absolute atomic E-state index is 11.7. The van der Waals surface area contributed by atoms with Crippen LogP contribution in [0.1, 0.15) is 24.9 Å². The highest BCUT2D eigenvalue weighted by atomic mass is 35.5. The smallest absolute Gasteiger partial charge is 0.325 e. The van der Waals surface area contributed by atoms with Crippen molar-refractivity contribution in [2.45, 2.75) is 25.4 Å². The Kier molecular flexibility index (Phi) is 5.08. The number of phenolic OH excluding ortho intramolecular Hbond substituents is 1. The molecule has 0 amide bonds. The zero-order valence-corrected chi connectivity index (χ0v) is 13.0. The van der Waals surface area contributed by atoms with Crippen molar-refractivity contribution < 1.29 is 15.0 Å². The number of carbonyl (C=O) groups is 1. The molecule has 0 aliphatic carbocycles. The van der Waals surface area contributed by atoms with Gasteiger partial charge in [-0.25, -0.2) is 0 Å². The van der Waals surface area contributed by atoms with E-state index >= 15 is 0 Å². The Morgan fingerprint density at radius 1 is 1.48 bits per heavy atom. The van der Waals surface area contributed by atoms with E-state index < -0.39 is 12.0 Å². The van der Waals surface area contributed by atoms with Crippen LogP contribution in [0.15, 0.2) is 18.2 Å². The van der Waals surface area contributed by atoms with E-state index in [9.17, 15) is 15.0 Å². The van der Waals surface area contributed by atoms with Crippen LogP contribution in [0.3, 0.4) is 0 Å². The van der Waals surface area contributed by atoms with Crippen molar-refractivity contribution in [2.24, 2.45) is 0 Å². The van der Waals surface area contributed by atoms with Crippen LogP contribution in [-0.4, -0.2) is 58.7 Å². The first-order valence-corrected chi connectivity index (χ1v) is 7.47. The molecule has 2 N–H and O–H groups in total. The highest BCUT2D eigenvalue weighted by Crippen LogP contribution is 2.30. The molecule has 0 bridgehead atoms. The van der Waals surface area contributed by atoms with Crippen molar-refractivity contribution in [3.63, 3.8) is 0 Å². The predicted octanol–water partition coefficient (Wildman–Crippen LogP) is 2.20. The fourth-order valence-electron chi connectivity index (χ4n) is 2.85. The first-order valence-electron chi connectivity index (χ1n) is 7.09. The first-order chi connectivity index (χ1) is 9.93. The Morgan fingerprint density at radius 2 is 2.19 bits per heavy atom. The number of hydrogen-bond donors (Lipinski definition) is 2. The average Bonchev–Trinajstić information content (AvgIpc) is 2.44. The molecule has 0 saturated carbocycles. The van der Waals surface area contributed by atoms with E-state index in [1.807, 2.05) is 4.90 Å². The standard InChI is InChI=1S/C15H21ClN2O3/c1-3-11-9-18(7-6-17(11)2)14(15(20)21)10-4-5-13(19)12(16)8-10/h4-5,8,11,14,19H,3,6-7,9H2,1-2H3,(H,20,21). The molecule has 2 rings (SSSR count). The van der Waals surface area contributed by atoms with Crippen LogP contribution in [0.5, 0.6) is 5.75 Å². The monoisotopic (exact) mass is 312 g/mol. The highest BCUT2D eigenvalue weighted by Gasteiger charge is 2.33. The van der Waals surface area contributed by atoms with Crippen LogP contribution < -0.4 is 0 Å². The lowest BCUT2D eigenvalue weighted by Crippen LogP contribution is -2.53. The third kappa shape index (κ3) is 3.48. The molecule has 1 fully saturated rings. The number of carboxylic acids is 1. The Labute approximate surface area is 129 Å². The van der Waals surface area contributed by atoms with Crippen LogP contribution in [-0.2, 0) is 4.79 Å². The summed E-state index contributed by atoms with van der Waals surface area (Å²) in [5, 5.41) is 19.3. The third-order valence-corrected chi connectivity index (χ3v) is 4.47. The van der Waals surface area contributed by atoms with Gasteiger partial charge >= 0.3 is 5.97 Å². The molecule has 1 aromatic carbocycles. The number of aromatic hydroxyl groups is 1. The van der Waals surface area contributed by atoms with Crippen molar-refractivity contribution in [1.82, 2.24) is 9.80 Å². The van der Waals surface area contributed by atoms with Gasteiger partial charge in [0.15, 0.2) is 0 Å². The number of halogens is 1. The third-order valence-electron chi connectivity index (χ3n) is 4.17. The number of likely N-dealkylation sites (N-methyl/N-ethyl adjacent to an activating group) is 1. The molecular weight excluding hydrogens is 292 g/mol. The summed E-state index contributed by atoms with van der Waals surface area (Å²) in [5.41, 5.74) is 0.602. The van der Waals surface area contributed by atoms with E-state index in [1.54, 1.807) is 6.07 Å². The van der Waals surface area contributed by atoms with Gasteiger partial charge in [-0.3, -0.25) is 9.69 Å². The Hall–Kier alpha value is -1.30. The van der Waals surface area contributed by atoms with Gasteiger partial charge in [0, 0.05) is 25.7 Å². The molecule has 1 heterocycles. The van der Waals surface area contributed by atoms with Crippen LogP contribution >= 0.6 is 11.6 Å². The first kappa shape index (κ1) is 16.1. The summed E-state index contributed by atoms with van der Waals surface area (Å²) in [4.78, 5) is 15.9. The van der Waals surface area contributed by atoms with E-state index in [1.165, 1.54) is 12.1 Å². The minimum absolute atomic E-state index is 0.0330. The quantitative estimate of drug-likeness (QED) is 0.892. The van der Waals surface area contributed by atoms with Gasteiger partial charge in [0.2, 0.25) is 0 Å². The van der Waals surface area contributed by atoms with Gasteiger partial charge in [-0.15, -0.1) is 0 Å². The number of phenols is 1. The zero-order valence-electron chi connectivity index (χ0n) is 12.3. The highest BCUT2D eigenvalue weighted by molar-refractivity contribution is 6.32. The maximum atomic E-state index is 11.7. The second-order valence-electron chi connectivity index (χ2n) is 5.49. The lowest BCUT2D eigenvalue weighted by molar-refractivity contribution is -0.144. The molecule has 1 aliphatic rings. The topological polar surface area (TPSA) is 64.0 Å². The minimum Gasteiger partial charge on any atom is -0.506 e. The molecule has 5 nitrogen and oxygen atoms in total. The van der Waals surface area contributed by atoms with E-state index in [0.29, 0.717) is 24.7 Å². The SMILES string of the molecule is CCC1CN(C(C(=O)O)c2ccc(O)c(Cl)c2)CCN1C. The fraction of sp³-hybridized carbons (Fsp3) is 0.533. The van der Waals surface area contributed by atoms with Crippen molar-refractivity contribution in [3.8, 4) is 5.75 Å². The second kappa shape index (κ2) is 6.64. The summed E-state index contributed by atoms with van der Waals surface area (Å²) in [7, 11) is 2.07.